The number of carbonyl (C=O) groups is 2. The molecule has 1 aromatic heterocycles. The topological polar surface area (TPSA) is 61.9 Å². The summed E-state index contributed by atoms with van der Waals surface area (Å²) in [5.41, 5.74) is 4.18. The fourth-order valence-corrected chi connectivity index (χ4v) is 6.01. The predicted molar refractivity (Wildman–Crippen MR) is 125 cm³/mol. The lowest BCUT2D eigenvalue weighted by Gasteiger charge is -2.36. The zero-order valence-electron chi connectivity index (χ0n) is 18.6. The number of anilines is 2. The summed E-state index contributed by atoms with van der Waals surface area (Å²) in [6.45, 7) is 8.17. The Bertz CT molecular complexity index is 963. The van der Waals surface area contributed by atoms with E-state index in [4.69, 9.17) is 4.74 Å². The number of amides is 1. The van der Waals surface area contributed by atoms with E-state index in [0.717, 1.165) is 51.0 Å². The van der Waals surface area contributed by atoms with E-state index in [1.54, 1.807) is 0 Å². The molecule has 0 spiro atoms. The van der Waals surface area contributed by atoms with Crippen molar-refractivity contribution in [3.8, 4) is 0 Å². The molecule has 166 valence electrons. The van der Waals surface area contributed by atoms with Crippen molar-refractivity contribution >= 4 is 33.9 Å². The maximum Gasteiger partial charge on any atom is 0.341 e. The number of nitrogens with one attached hydrogen (secondary N) is 1. The van der Waals surface area contributed by atoms with E-state index in [1.807, 2.05) is 0 Å². The summed E-state index contributed by atoms with van der Waals surface area (Å²) in [6.07, 6.45) is 2.89. The monoisotopic (exact) mass is 441 g/mol. The molecule has 6 nitrogen and oxygen atoms in total. The van der Waals surface area contributed by atoms with E-state index in [0.29, 0.717) is 23.0 Å². The minimum absolute atomic E-state index is 0.0684. The number of aryl methyl sites for hydroxylation is 1. The lowest BCUT2D eigenvalue weighted by atomic mass is 9.88. The zero-order chi connectivity index (χ0) is 22.0. The maximum atomic E-state index is 12.8. The van der Waals surface area contributed by atoms with Crippen molar-refractivity contribution in [2.75, 3.05) is 50.1 Å². The molecule has 1 atom stereocenters. The van der Waals surface area contributed by atoms with Crippen LogP contribution in [0, 0.1) is 12.8 Å². The Hall–Kier alpha value is -2.38. The molecular formula is C24H31N3O3S. The average Bonchev–Trinajstić information content (AvgIpc) is 3.10. The molecule has 0 bridgehead atoms. The number of thiophene rings is 1. The Kier molecular flexibility index (Phi) is 6.62. The minimum atomic E-state index is -0.353. The van der Waals surface area contributed by atoms with Crippen molar-refractivity contribution in [3.05, 3.63) is 45.8 Å². The number of hydrogen-bond donors (Lipinski definition) is 1. The van der Waals surface area contributed by atoms with Gasteiger partial charge in [-0.1, -0.05) is 25.1 Å². The van der Waals surface area contributed by atoms with Crippen LogP contribution in [0.15, 0.2) is 24.3 Å². The first-order valence-corrected chi connectivity index (χ1v) is 11.8. The van der Waals surface area contributed by atoms with Crippen LogP contribution in [-0.2, 0) is 22.4 Å². The van der Waals surface area contributed by atoms with E-state index < -0.39 is 0 Å². The van der Waals surface area contributed by atoms with Gasteiger partial charge < -0.3 is 15.0 Å². The third kappa shape index (κ3) is 4.77. The maximum absolute atomic E-state index is 12.8. The van der Waals surface area contributed by atoms with Crippen molar-refractivity contribution in [1.29, 1.82) is 0 Å². The largest absolute Gasteiger partial charge is 0.465 e. The highest BCUT2D eigenvalue weighted by molar-refractivity contribution is 7.17. The minimum Gasteiger partial charge on any atom is -0.465 e. The Labute approximate surface area is 188 Å². The van der Waals surface area contributed by atoms with Crippen molar-refractivity contribution in [3.63, 3.8) is 0 Å². The number of ether oxygens (including phenoxy) is 1. The number of nitrogens with zero attached hydrogens (tertiary/aromatic N) is 2. The SMILES string of the molecule is COC(=O)c1c(NC(=O)CN2CCN(c3ccccc3C)CC2)sc2c1CCC(C)C2. The number of benzene rings is 1. The van der Waals surface area contributed by atoms with Gasteiger partial charge in [0.15, 0.2) is 0 Å². The molecule has 2 aromatic rings. The Morgan fingerprint density at radius 1 is 1.19 bits per heavy atom. The number of esters is 1. The molecule has 0 radical (unpaired) electrons. The Morgan fingerprint density at radius 2 is 1.94 bits per heavy atom. The highest BCUT2D eigenvalue weighted by atomic mass is 32.1. The van der Waals surface area contributed by atoms with Crippen LogP contribution in [-0.4, -0.2) is 56.6 Å². The fourth-order valence-electron chi connectivity index (χ4n) is 4.59. The van der Waals surface area contributed by atoms with E-state index in [-0.39, 0.29) is 11.9 Å². The highest BCUT2D eigenvalue weighted by Gasteiger charge is 2.29. The Balaban J connectivity index is 1.38. The van der Waals surface area contributed by atoms with E-state index >= 15 is 0 Å². The summed E-state index contributed by atoms with van der Waals surface area (Å²) in [5, 5.41) is 3.67. The molecular weight excluding hydrogens is 410 g/mol. The normalized spacial score (nSPS) is 19.1. The average molecular weight is 442 g/mol. The van der Waals surface area contributed by atoms with Crippen LogP contribution in [0.25, 0.3) is 0 Å². The second kappa shape index (κ2) is 9.40. The molecule has 1 aromatic carbocycles. The first kappa shape index (κ1) is 21.8. The quantitative estimate of drug-likeness (QED) is 0.717. The van der Waals surface area contributed by atoms with Crippen LogP contribution in [0.5, 0.6) is 0 Å². The molecule has 1 saturated heterocycles. The van der Waals surface area contributed by atoms with E-state index in [2.05, 4.69) is 53.2 Å². The Morgan fingerprint density at radius 3 is 2.65 bits per heavy atom. The summed E-state index contributed by atoms with van der Waals surface area (Å²) < 4.78 is 5.02. The van der Waals surface area contributed by atoms with Gasteiger partial charge in [0.2, 0.25) is 5.91 Å². The van der Waals surface area contributed by atoms with Gasteiger partial charge >= 0.3 is 5.97 Å². The molecule has 2 heterocycles. The van der Waals surface area contributed by atoms with Gasteiger partial charge in [-0.2, -0.15) is 0 Å². The summed E-state index contributed by atoms with van der Waals surface area (Å²) in [5.74, 6) is 0.181. The fraction of sp³-hybridized carbons (Fsp3) is 0.500. The van der Waals surface area contributed by atoms with E-state index in [1.165, 1.54) is 34.6 Å². The number of hydrogen-bond acceptors (Lipinski definition) is 6. The van der Waals surface area contributed by atoms with Gasteiger partial charge in [-0.05, 0) is 49.3 Å². The number of piperazine rings is 1. The number of rotatable bonds is 5. The molecule has 1 aliphatic carbocycles. The molecule has 1 fully saturated rings. The molecule has 1 unspecified atom stereocenters. The first-order chi connectivity index (χ1) is 15.0. The molecule has 0 saturated carbocycles. The van der Waals surface area contributed by atoms with Gasteiger partial charge in [-0.25, -0.2) is 4.79 Å². The first-order valence-electron chi connectivity index (χ1n) is 11.0. The van der Waals surface area contributed by atoms with Crippen LogP contribution in [0.2, 0.25) is 0 Å². The third-order valence-corrected chi connectivity index (χ3v) is 7.52. The number of carbonyl (C=O) groups excluding carboxylic acids is 2. The number of fused-ring (bicyclic) bond motifs is 1. The lowest BCUT2D eigenvalue weighted by Crippen LogP contribution is -2.48. The van der Waals surface area contributed by atoms with Crippen LogP contribution in [0.4, 0.5) is 10.7 Å². The third-order valence-electron chi connectivity index (χ3n) is 6.35. The van der Waals surface area contributed by atoms with Crippen LogP contribution in [0.1, 0.15) is 39.7 Å². The van der Waals surface area contributed by atoms with E-state index in [9.17, 15) is 9.59 Å². The standard InChI is InChI=1S/C24H31N3O3S/c1-16-8-9-18-20(14-16)31-23(22(18)24(29)30-3)25-21(28)15-26-10-12-27(13-11-26)19-7-5-4-6-17(19)2/h4-7,16H,8-15H2,1-3H3,(H,25,28). The van der Waals surface area contributed by atoms with Gasteiger partial charge in [0.25, 0.3) is 0 Å². The van der Waals surface area contributed by atoms with Crippen LogP contribution < -0.4 is 10.2 Å². The molecule has 1 aliphatic heterocycles. The molecule has 1 amide bonds. The van der Waals surface area contributed by atoms with Crippen LogP contribution in [0.3, 0.4) is 0 Å². The zero-order valence-corrected chi connectivity index (χ0v) is 19.4. The smallest absolute Gasteiger partial charge is 0.341 e. The summed E-state index contributed by atoms with van der Waals surface area (Å²) >= 11 is 1.54. The van der Waals surface area contributed by atoms with Crippen molar-refractivity contribution in [1.82, 2.24) is 4.90 Å². The molecule has 31 heavy (non-hydrogen) atoms. The van der Waals surface area contributed by atoms with Gasteiger partial charge in [-0.3, -0.25) is 9.69 Å². The molecule has 1 N–H and O–H groups in total. The second-order valence-electron chi connectivity index (χ2n) is 8.65. The summed E-state index contributed by atoms with van der Waals surface area (Å²) in [4.78, 5) is 31.0. The van der Waals surface area contributed by atoms with Gasteiger partial charge in [0.05, 0.1) is 19.2 Å². The summed E-state index contributed by atoms with van der Waals surface area (Å²) in [6, 6.07) is 8.42. The predicted octanol–water partition coefficient (Wildman–Crippen LogP) is 3.73. The second-order valence-corrected chi connectivity index (χ2v) is 9.75. The number of methoxy groups -OCH3 is 1. The molecule has 7 heteroatoms. The lowest BCUT2D eigenvalue weighted by molar-refractivity contribution is -0.117. The van der Waals surface area contributed by atoms with Gasteiger partial charge in [0, 0.05) is 36.7 Å². The van der Waals surface area contributed by atoms with Crippen molar-refractivity contribution < 1.29 is 14.3 Å². The highest BCUT2D eigenvalue weighted by Crippen LogP contribution is 2.40. The van der Waals surface area contributed by atoms with Crippen LogP contribution >= 0.6 is 11.3 Å². The van der Waals surface area contributed by atoms with Crippen molar-refractivity contribution in [2.45, 2.75) is 33.1 Å². The number of para-hydroxylation sites is 1. The van der Waals surface area contributed by atoms with Crippen molar-refractivity contribution in [2.24, 2.45) is 5.92 Å². The molecule has 4 rings (SSSR count). The van der Waals surface area contributed by atoms with Gasteiger partial charge in [-0.15, -0.1) is 11.3 Å². The summed E-state index contributed by atoms with van der Waals surface area (Å²) in [7, 11) is 1.40. The van der Waals surface area contributed by atoms with Gasteiger partial charge in [0.1, 0.15) is 5.00 Å². The molecule has 2 aliphatic rings.